The van der Waals surface area contributed by atoms with Crippen LogP contribution < -0.4 is 16.3 Å². The molecule has 1 saturated heterocycles. The summed E-state index contributed by atoms with van der Waals surface area (Å²) in [6.45, 7) is 4.44. The molecular weight excluding hydrogens is 406 g/mol. The summed E-state index contributed by atoms with van der Waals surface area (Å²) >= 11 is 0. The van der Waals surface area contributed by atoms with Gasteiger partial charge in [0.25, 0.3) is 0 Å². The molecule has 4 rings (SSSR count). The molecule has 2 N–H and O–H groups in total. The number of carbonyl (C=O) groups is 1. The number of nitrogens with zero attached hydrogens (tertiary/aromatic N) is 3. The Labute approximate surface area is 174 Å². The van der Waals surface area contributed by atoms with Crippen molar-refractivity contribution in [2.75, 3.05) is 24.6 Å². The first-order valence-electron chi connectivity index (χ1n) is 9.93. The number of carbonyl (C=O) groups excluding carboxylic acids is 1. The second kappa shape index (κ2) is 7.84. The Morgan fingerprint density at radius 2 is 2.07 bits per heavy atom. The van der Waals surface area contributed by atoms with Crippen LogP contribution in [0, 0.1) is 13.8 Å². The Balaban J connectivity index is 1.42. The van der Waals surface area contributed by atoms with E-state index >= 15 is 0 Å². The Morgan fingerprint density at radius 1 is 1.27 bits per heavy atom. The van der Waals surface area contributed by atoms with Gasteiger partial charge in [0.15, 0.2) is 15.5 Å². The van der Waals surface area contributed by atoms with E-state index in [2.05, 4.69) is 15.7 Å². The molecule has 0 saturated carbocycles. The van der Waals surface area contributed by atoms with Crippen LogP contribution >= 0.6 is 0 Å². The molecule has 3 heterocycles. The largest absolute Gasteiger partial charge is 0.353 e. The number of pyridine rings is 1. The number of rotatable bonds is 6. The fourth-order valence-electron chi connectivity index (χ4n) is 3.85. The molecule has 1 aliphatic rings. The molecule has 1 aliphatic heterocycles. The summed E-state index contributed by atoms with van der Waals surface area (Å²) in [6.07, 6.45) is 0.527. The van der Waals surface area contributed by atoms with Gasteiger partial charge in [0.05, 0.1) is 30.1 Å². The standard InChI is InChI=1S/C20H25N5O4S/c1-13-3-4-15-10-14(2)19-23-24(20(27)25(19)17(15)9-13)7-6-21-18(26)11-22-16-5-8-30(28,29)12-16/h3-4,9-10,16,22H,5-8,11-12H2,1-2H3,(H,21,26)/t16-/m1/s1. The average molecular weight is 432 g/mol. The SMILES string of the molecule is Cc1ccc2cc(C)c3nn(CCNC(=O)CN[C@@H]4CCS(=O)(=O)C4)c(=O)n3c2c1. The molecule has 0 bridgehead atoms. The van der Waals surface area contributed by atoms with Crippen molar-refractivity contribution in [2.24, 2.45) is 0 Å². The van der Waals surface area contributed by atoms with Crippen LogP contribution in [0.25, 0.3) is 16.6 Å². The minimum absolute atomic E-state index is 0.0449. The quantitative estimate of drug-likeness (QED) is 0.575. The van der Waals surface area contributed by atoms with Crippen molar-refractivity contribution in [3.63, 3.8) is 0 Å². The van der Waals surface area contributed by atoms with E-state index in [9.17, 15) is 18.0 Å². The van der Waals surface area contributed by atoms with Crippen LogP contribution in [0.5, 0.6) is 0 Å². The van der Waals surface area contributed by atoms with E-state index < -0.39 is 9.84 Å². The predicted octanol–water partition coefficient (Wildman–Crippen LogP) is 0.159. The van der Waals surface area contributed by atoms with Crippen molar-refractivity contribution in [2.45, 2.75) is 32.9 Å². The zero-order chi connectivity index (χ0) is 21.5. The van der Waals surface area contributed by atoms with Gasteiger partial charge in [-0.05, 0) is 48.9 Å². The lowest BCUT2D eigenvalue weighted by Crippen LogP contribution is -2.41. The van der Waals surface area contributed by atoms with Gasteiger partial charge in [-0.15, -0.1) is 5.10 Å². The number of aromatic nitrogens is 3. The van der Waals surface area contributed by atoms with Crippen LogP contribution in [0.2, 0.25) is 0 Å². The van der Waals surface area contributed by atoms with Crippen LogP contribution in [0.1, 0.15) is 17.5 Å². The maximum absolute atomic E-state index is 12.9. The minimum atomic E-state index is -2.98. The van der Waals surface area contributed by atoms with Crippen molar-refractivity contribution >= 4 is 32.3 Å². The van der Waals surface area contributed by atoms with Gasteiger partial charge in [-0.2, -0.15) is 0 Å². The van der Waals surface area contributed by atoms with Crippen molar-refractivity contribution < 1.29 is 13.2 Å². The smallest absolute Gasteiger partial charge is 0.350 e. The van der Waals surface area contributed by atoms with E-state index in [0.29, 0.717) is 12.1 Å². The van der Waals surface area contributed by atoms with Crippen LogP contribution in [-0.2, 0) is 21.2 Å². The van der Waals surface area contributed by atoms with Gasteiger partial charge in [0.1, 0.15) is 0 Å². The number of sulfone groups is 1. The number of benzene rings is 1. The number of fused-ring (bicyclic) bond motifs is 3. The van der Waals surface area contributed by atoms with E-state index in [1.807, 2.05) is 38.1 Å². The number of nitrogens with one attached hydrogen (secondary N) is 2. The third kappa shape index (κ3) is 4.10. The second-order valence-corrected chi connectivity index (χ2v) is 10.1. The maximum atomic E-state index is 12.9. The van der Waals surface area contributed by atoms with E-state index in [4.69, 9.17) is 0 Å². The molecule has 1 atom stereocenters. The van der Waals surface area contributed by atoms with E-state index in [-0.39, 0.29) is 48.8 Å². The van der Waals surface area contributed by atoms with Gasteiger partial charge in [0, 0.05) is 12.6 Å². The van der Waals surface area contributed by atoms with Crippen molar-refractivity contribution in [3.8, 4) is 0 Å². The molecule has 2 aromatic heterocycles. The molecule has 0 radical (unpaired) electrons. The molecule has 9 nitrogen and oxygen atoms in total. The van der Waals surface area contributed by atoms with Crippen molar-refractivity contribution in [1.29, 1.82) is 0 Å². The summed E-state index contributed by atoms with van der Waals surface area (Å²) in [5, 5.41) is 11.1. The summed E-state index contributed by atoms with van der Waals surface area (Å²) in [6, 6.07) is 7.79. The number of aryl methyl sites for hydroxylation is 2. The van der Waals surface area contributed by atoms with E-state index in [1.165, 1.54) is 4.68 Å². The first-order chi connectivity index (χ1) is 14.2. The molecule has 10 heteroatoms. The first kappa shape index (κ1) is 20.5. The highest BCUT2D eigenvalue weighted by atomic mass is 32.2. The topological polar surface area (TPSA) is 115 Å². The summed E-state index contributed by atoms with van der Waals surface area (Å²) < 4.78 is 25.9. The van der Waals surface area contributed by atoms with Gasteiger partial charge >= 0.3 is 5.69 Å². The van der Waals surface area contributed by atoms with Crippen LogP contribution in [0.15, 0.2) is 29.1 Å². The van der Waals surface area contributed by atoms with Crippen molar-refractivity contribution in [3.05, 3.63) is 45.9 Å². The zero-order valence-corrected chi connectivity index (χ0v) is 17.8. The molecule has 0 spiro atoms. The third-order valence-electron chi connectivity index (χ3n) is 5.42. The lowest BCUT2D eigenvalue weighted by molar-refractivity contribution is -0.120. The Morgan fingerprint density at radius 3 is 2.80 bits per heavy atom. The molecule has 160 valence electrons. The fourth-order valence-corrected chi connectivity index (χ4v) is 5.56. The van der Waals surface area contributed by atoms with Crippen LogP contribution in [0.3, 0.4) is 0 Å². The normalized spacial score (nSPS) is 18.3. The number of hydrogen-bond donors (Lipinski definition) is 2. The Kier molecular flexibility index (Phi) is 5.37. The molecule has 0 unspecified atom stereocenters. The molecular formula is C20H25N5O4S. The average Bonchev–Trinajstić information content (AvgIpc) is 3.21. The van der Waals surface area contributed by atoms with Crippen LogP contribution in [-0.4, -0.2) is 59.1 Å². The maximum Gasteiger partial charge on any atom is 0.350 e. The first-order valence-corrected chi connectivity index (χ1v) is 11.8. The summed E-state index contributed by atoms with van der Waals surface area (Å²) in [4.78, 5) is 25.0. The van der Waals surface area contributed by atoms with Gasteiger partial charge in [-0.3, -0.25) is 4.79 Å². The zero-order valence-electron chi connectivity index (χ0n) is 17.0. The molecule has 3 aromatic rings. The minimum Gasteiger partial charge on any atom is -0.353 e. The molecule has 1 fully saturated rings. The van der Waals surface area contributed by atoms with Gasteiger partial charge in [-0.1, -0.05) is 12.1 Å². The van der Waals surface area contributed by atoms with Gasteiger partial charge in [-0.25, -0.2) is 22.3 Å². The monoisotopic (exact) mass is 431 g/mol. The van der Waals surface area contributed by atoms with Crippen molar-refractivity contribution in [1.82, 2.24) is 24.8 Å². The highest BCUT2D eigenvalue weighted by Crippen LogP contribution is 2.19. The Bertz CT molecular complexity index is 1290. The highest BCUT2D eigenvalue weighted by Gasteiger charge is 2.27. The lowest BCUT2D eigenvalue weighted by Gasteiger charge is -2.10. The summed E-state index contributed by atoms with van der Waals surface area (Å²) in [7, 11) is -2.98. The predicted molar refractivity (Wildman–Crippen MR) is 115 cm³/mol. The third-order valence-corrected chi connectivity index (χ3v) is 7.19. The summed E-state index contributed by atoms with van der Waals surface area (Å²) in [5.74, 6) is -0.00573. The lowest BCUT2D eigenvalue weighted by atomic mass is 10.1. The van der Waals surface area contributed by atoms with E-state index in [1.54, 1.807) is 4.40 Å². The summed E-state index contributed by atoms with van der Waals surface area (Å²) in [5.41, 5.74) is 3.14. The molecule has 30 heavy (non-hydrogen) atoms. The second-order valence-electron chi connectivity index (χ2n) is 7.89. The van der Waals surface area contributed by atoms with Gasteiger partial charge < -0.3 is 10.6 Å². The van der Waals surface area contributed by atoms with Crippen LogP contribution in [0.4, 0.5) is 0 Å². The number of hydrogen-bond acceptors (Lipinski definition) is 6. The Hall–Kier alpha value is -2.72. The molecule has 1 amide bonds. The van der Waals surface area contributed by atoms with E-state index in [0.717, 1.165) is 22.0 Å². The fraction of sp³-hybridized carbons (Fsp3) is 0.450. The molecule has 0 aliphatic carbocycles. The van der Waals surface area contributed by atoms with Gasteiger partial charge in [0.2, 0.25) is 5.91 Å². The molecule has 1 aromatic carbocycles. The highest BCUT2D eigenvalue weighted by molar-refractivity contribution is 7.91. The number of amides is 1.